The van der Waals surface area contributed by atoms with Gasteiger partial charge in [-0.2, -0.15) is 4.31 Å². The SMILES string of the molecule is CC1CCCN(S(=O)(=O)c2ccc(Oc3ccc(C=O)cc3)c([N+](=O)[O-])c2)C1. The molecule has 1 atom stereocenters. The van der Waals surface area contributed by atoms with Gasteiger partial charge in [-0.25, -0.2) is 8.42 Å². The van der Waals surface area contributed by atoms with Crippen molar-refractivity contribution in [1.82, 2.24) is 4.31 Å². The molecule has 1 fully saturated rings. The number of nitro benzene ring substituents is 1. The molecule has 2 aromatic carbocycles. The Morgan fingerprint density at radius 1 is 1.21 bits per heavy atom. The average Bonchev–Trinajstić information content (AvgIpc) is 2.68. The second-order valence-corrected chi connectivity index (χ2v) is 8.72. The minimum atomic E-state index is -3.82. The van der Waals surface area contributed by atoms with Crippen molar-refractivity contribution < 1.29 is 22.9 Å². The van der Waals surface area contributed by atoms with Gasteiger partial charge >= 0.3 is 5.69 Å². The fourth-order valence-electron chi connectivity index (χ4n) is 3.14. The third-order valence-corrected chi connectivity index (χ3v) is 6.49. The van der Waals surface area contributed by atoms with Crippen LogP contribution in [0.1, 0.15) is 30.1 Å². The predicted molar refractivity (Wildman–Crippen MR) is 102 cm³/mol. The topological polar surface area (TPSA) is 107 Å². The molecule has 0 amide bonds. The lowest BCUT2D eigenvalue weighted by Gasteiger charge is -2.30. The number of hydrogen-bond donors (Lipinski definition) is 0. The Bertz CT molecular complexity index is 988. The lowest BCUT2D eigenvalue weighted by molar-refractivity contribution is -0.385. The maximum Gasteiger partial charge on any atom is 0.312 e. The number of piperidine rings is 1. The van der Waals surface area contributed by atoms with Gasteiger partial charge in [0.05, 0.1) is 9.82 Å². The second kappa shape index (κ2) is 8.07. The zero-order valence-corrected chi connectivity index (χ0v) is 16.1. The maximum atomic E-state index is 12.9. The molecule has 0 bridgehead atoms. The zero-order valence-electron chi connectivity index (χ0n) is 15.3. The van der Waals surface area contributed by atoms with Crippen molar-refractivity contribution in [3.63, 3.8) is 0 Å². The fourth-order valence-corrected chi connectivity index (χ4v) is 4.76. The van der Waals surface area contributed by atoms with Gasteiger partial charge in [0.15, 0.2) is 0 Å². The molecule has 1 saturated heterocycles. The van der Waals surface area contributed by atoms with E-state index in [0.717, 1.165) is 18.9 Å². The van der Waals surface area contributed by atoms with Gasteiger partial charge < -0.3 is 4.74 Å². The van der Waals surface area contributed by atoms with E-state index in [1.165, 1.54) is 40.7 Å². The Hall–Kier alpha value is -2.78. The molecule has 8 nitrogen and oxygen atoms in total. The van der Waals surface area contributed by atoms with E-state index in [1.807, 2.05) is 6.92 Å². The summed E-state index contributed by atoms with van der Waals surface area (Å²) >= 11 is 0. The predicted octanol–water partition coefficient (Wildman–Crippen LogP) is 3.62. The Morgan fingerprint density at radius 2 is 1.93 bits per heavy atom. The first-order valence-corrected chi connectivity index (χ1v) is 10.3. The van der Waals surface area contributed by atoms with Gasteiger partial charge in [-0.1, -0.05) is 6.92 Å². The number of hydrogen-bond acceptors (Lipinski definition) is 6. The molecule has 0 radical (unpaired) electrons. The summed E-state index contributed by atoms with van der Waals surface area (Å²) in [6.07, 6.45) is 2.40. The number of nitro groups is 1. The first-order valence-electron chi connectivity index (χ1n) is 8.83. The summed E-state index contributed by atoms with van der Waals surface area (Å²) in [6.45, 7) is 2.79. The highest BCUT2D eigenvalue weighted by atomic mass is 32.2. The number of aldehydes is 1. The highest BCUT2D eigenvalue weighted by Crippen LogP contribution is 2.35. The Morgan fingerprint density at radius 3 is 2.54 bits per heavy atom. The van der Waals surface area contributed by atoms with Crippen molar-refractivity contribution in [2.24, 2.45) is 5.92 Å². The molecule has 0 aliphatic carbocycles. The smallest absolute Gasteiger partial charge is 0.312 e. The van der Waals surface area contributed by atoms with Crippen LogP contribution in [-0.2, 0) is 10.0 Å². The molecule has 148 valence electrons. The lowest BCUT2D eigenvalue weighted by Crippen LogP contribution is -2.39. The molecule has 1 unspecified atom stereocenters. The number of ether oxygens (including phenoxy) is 1. The highest BCUT2D eigenvalue weighted by molar-refractivity contribution is 7.89. The minimum Gasteiger partial charge on any atom is -0.450 e. The summed E-state index contributed by atoms with van der Waals surface area (Å²) < 4.78 is 32.7. The molecule has 3 rings (SSSR count). The number of nitrogens with zero attached hydrogens (tertiary/aromatic N) is 2. The van der Waals surface area contributed by atoms with Crippen LogP contribution in [0.2, 0.25) is 0 Å². The monoisotopic (exact) mass is 404 g/mol. The first-order chi connectivity index (χ1) is 13.3. The Balaban J connectivity index is 1.92. The average molecular weight is 404 g/mol. The summed E-state index contributed by atoms with van der Waals surface area (Å²) in [4.78, 5) is 21.4. The third-order valence-electron chi connectivity index (χ3n) is 4.63. The van der Waals surface area contributed by atoms with Crippen molar-refractivity contribution in [3.05, 3.63) is 58.1 Å². The van der Waals surface area contributed by atoms with Crippen LogP contribution in [0.4, 0.5) is 5.69 Å². The highest BCUT2D eigenvalue weighted by Gasteiger charge is 2.31. The van der Waals surface area contributed by atoms with Crippen LogP contribution in [0, 0.1) is 16.0 Å². The number of carbonyl (C=O) groups is 1. The van der Waals surface area contributed by atoms with Crippen LogP contribution in [0.15, 0.2) is 47.4 Å². The van der Waals surface area contributed by atoms with E-state index < -0.39 is 20.6 Å². The Kier molecular flexibility index (Phi) is 5.76. The van der Waals surface area contributed by atoms with E-state index >= 15 is 0 Å². The van der Waals surface area contributed by atoms with Crippen LogP contribution in [0.25, 0.3) is 0 Å². The molecule has 2 aromatic rings. The summed E-state index contributed by atoms with van der Waals surface area (Å²) in [5.41, 5.74) is 0.00430. The molecule has 1 heterocycles. The first kappa shape index (κ1) is 20.0. The van der Waals surface area contributed by atoms with Crippen molar-refractivity contribution >= 4 is 22.0 Å². The zero-order chi connectivity index (χ0) is 20.3. The largest absolute Gasteiger partial charge is 0.450 e. The van der Waals surface area contributed by atoms with E-state index in [2.05, 4.69) is 0 Å². The van der Waals surface area contributed by atoms with Crippen molar-refractivity contribution in [3.8, 4) is 11.5 Å². The molecule has 9 heteroatoms. The molecule has 1 aliphatic heterocycles. The Labute approximate surface area is 162 Å². The van der Waals surface area contributed by atoms with E-state index in [4.69, 9.17) is 4.74 Å². The van der Waals surface area contributed by atoms with Gasteiger partial charge in [0, 0.05) is 24.7 Å². The van der Waals surface area contributed by atoms with Crippen LogP contribution in [0.5, 0.6) is 11.5 Å². The lowest BCUT2D eigenvalue weighted by atomic mass is 10.0. The molecular weight excluding hydrogens is 384 g/mol. The van der Waals surface area contributed by atoms with Gasteiger partial charge in [0.25, 0.3) is 0 Å². The van der Waals surface area contributed by atoms with Crippen molar-refractivity contribution in [2.45, 2.75) is 24.7 Å². The van der Waals surface area contributed by atoms with E-state index in [-0.39, 0.29) is 16.6 Å². The summed E-state index contributed by atoms with van der Waals surface area (Å²) in [6, 6.07) is 9.68. The summed E-state index contributed by atoms with van der Waals surface area (Å²) in [5, 5.41) is 11.5. The van der Waals surface area contributed by atoms with E-state index in [9.17, 15) is 23.3 Å². The molecule has 0 N–H and O–H groups in total. The van der Waals surface area contributed by atoms with Crippen LogP contribution in [0.3, 0.4) is 0 Å². The quantitative estimate of drug-likeness (QED) is 0.413. The minimum absolute atomic E-state index is 0.0742. The maximum absolute atomic E-state index is 12.9. The van der Waals surface area contributed by atoms with E-state index in [0.29, 0.717) is 30.7 Å². The normalized spacial score (nSPS) is 17.8. The molecule has 0 spiro atoms. The summed E-state index contributed by atoms with van der Waals surface area (Å²) in [5.74, 6) is 0.472. The van der Waals surface area contributed by atoms with Crippen LogP contribution in [-0.4, -0.2) is 37.0 Å². The van der Waals surface area contributed by atoms with Gasteiger partial charge in [0.1, 0.15) is 12.0 Å². The molecule has 1 aliphatic rings. The third kappa shape index (κ3) is 4.20. The van der Waals surface area contributed by atoms with Crippen LogP contribution < -0.4 is 4.74 Å². The van der Waals surface area contributed by atoms with Crippen LogP contribution >= 0.6 is 0 Å². The van der Waals surface area contributed by atoms with Gasteiger partial charge in [-0.15, -0.1) is 0 Å². The fraction of sp³-hybridized carbons (Fsp3) is 0.316. The van der Waals surface area contributed by atoms with Gasteiger partial charge in [-0.05, 0) is 55.2 Å². The van der Waals surface area contributed by atoms with Gasteiger partial charge in [-0.3, -0.25) is 14.9 Å². The molecule has 0 saturated carbocycles. The van der Waals surface area contributed by atoms with Gasteiger partial charge in [0.2, 0.25) is 15.8 Å². The standard InChI is InChI=1S/C19H20N2O6S/c1-14-3-2-10-20(12-14)28(25,26)17-8-9-19(18(11-17)21(23)24)27-16-6-4-15(13-22)5-7-16/h4-9,11,13-14H,2-3,10,12H2,1H3. The number of benzene rings is 2. The number of sulfonamides is 1. The molecule has 28 heavy (non-hydrogen) atoms. The second-order valence-electron chi connectivity index (χ2n) is 6.79. The van der Waals surface area contributed by atoms with E-state index in [1.54, 1.807) is 0 Å². The van der Waals surface area contributed by atoms with Crippen molar-refractivity contribution in [2.75, 3.05) is 13.1 Å². The summed E-state index contributed by atoms with van der Waals surface area (Å²) in [7, 11) is -3.82. The molecular formula is C19H20N2O6S. The number of carbonyl (C=O) groups excluding carboxylic acids is 1. The molecule has 0 aromatic heterocycles. The van der Waals surface area contributed by atoms with Crippen molar-refractivity contribution in [1.29, 1.82) is 0 Å². The number of rotatable bonds is 6.